The van der Waals surface area contributed by atoms with Crippen LogP contribution in [0.15, 0.2) is 64.6 Å². The average Bonchev–Trinajstić information content (AvgIpc) is 2.90. The van der Waals surface area contributed by atoms with Crippen LogP contribution in [0.25, 0.3) is 6.08 Å². The van der Waals surface area contributed by atoms with E-state index in [1.54, 1.807) is 55.5 Å². The lowest BCUT2D eigenvalue weighted by Crippen LogP contribution is -2.20. The summed E-state index contributed by atoms with van der Waals surface area (Å²) in [7, 11) is 0. The van der Waals surface area contributed by atoms with E-state index in [1.807, 2.05) is 26.0 Å². The number of hydrogen-bond acceptors (Lipinski definition) is 6. The predicted octanol–water partition coefficient (Wildman–Crippen LogP) is 6.77. The topological polar surface area (TPSA) is 110 Å². The summed E-state index contributed by atoms with van der Waals surface area (Å²) in [5.74, 6) is 0.381. The van der Waals surface area contributed by atoms with Crippen molar-refractivity contribution in [2.45, 2.75) is 20.8 Å². The third-order valence-electron chi connectivity index (χ3n) is 5.23. The number of carbonyl (C=O) groups excluding carboxylic acids is 2. The Hall–Kier alpha value is -4.00. The van der Waals surface area contributed by atoms with Crippen molar-refractivity contribution >= 4 is 56.8 Å². The number of amides is 2. The Morgan fingerprint density at radius 1 is 0.974 bits per heavy atom. The van der Waals surface area contributed by atoms with Gasteiger partial charge < -0.3 is 24.8 Å². The highest BCUT2D eigenvalue weighted by atomic mass is 79.9. The number of ether oxygens (including phenoxy) is 3. The van der Waals surface area contributed by atoms with Gasteiger partial charge in [0.1, 0.15) is 17.4 Å². The molecule has 10 heteroatoms. The van der Waals surface area contributed by atoms with E-state index < -0.39 is 5.91 Å². The van der Waals surface area contributed by atoms with Crippen molar-refractivity contribution < 1.29 is 23.8 Å². The number of nitrogens with one attached hydrogen (secondary N) is 2. The Kier molecular flexibility index (Phi) is 10.8. The van der Waals surface area contributed by atoms with E-state index >= 15 is 0 Å². The molecule has 0 saturated heterocycles. The van der Waals surface area contributed by atoms with E-state index in [-0.39, 0.29) is 18.1 Å². The minimum absolute atomic E-state index is 0.108. The molecule has 0 aromatic heterocycles. The minimum Gasteiger partial charge on any atom is -0.494 e. The lowest BCUT2D eigenvalue weighted by molar-refractivity contribution is -0.118. The second kappa shape index (κ2) is 14.2. The number of halogens is 2. The van der Waals surface area contributed by atoms with Gasteiger partial charge in [-0.05, 0) is 102 Å². The van der Waals surface area contributed by atoms with E-state index in [0.29, 0.717) is 56.9 Å². The fourth-order valence-electron chi connectivity index (χ4n) is 3.39. The smallest absolute Gasteiger partial charge is 0.266 e. The Balaban J connectivity index is 1.74. The molecule has 0 unspecified atom stereocenters. The molecule has 8 nitrogen and oxygen atoms in total. The molecule has 0 radical (unpaired) electrons. The molecule has 2 N–H and O–H groups in total. The largest absolute Gasteiger partial charge is 0.494 e. The summed E-state index contributed by atoms with van der Waals surface area (Å²) in [4.78, 5) is 25.2. The maximum Gasteiger partial charge on any atom is 0.266 e. The summed E-state index contributed by atoms with van der Waals surface area (Å²) in [6, 6.07) is 17.3. The van der Waals surface area contributed by atoms with Crippen molar-refractivity contribution in [1.29, 1.82) is 5.26 Å². The standard InChI is InChI=1S/C29H27BrClN3O5/c1-4-37-23-10-8-21(9-11-23)34-29(36)20(16-32)12-19-13-24(30)28(26(14-19)38-5-2)39-17-27(35)33-22-7-6-18(3)25(31)15-22/h6-15H,4-5,17H2,1-3H3,(H,33,35)(H,34,36)/b20-12+. The summed E-state index contributed by atoms with van der Waals surface area (Å²) in [6.45, 7) is 6.13. The van der Waals surface area contributed by atoms with E-state index in [0.717, 1.165) is 5.56 Å². The first-order chi connectivity index (χ1) is 18.7. The quantitative estimate of drug-likeness (QED) is 0.183. The minimum atomic E-state index is -0.566. The molecule has 0 saturated carbocycles. The molecule has 0 aliphatic heterocycles. The highest BCUT2D eigenvalue weighted by Gasteiger charge is 2.16. The summed E-state index contributed by atoms with van der Waals surface area (Å²) in [6.07, 6.45) is 1.44. The zero-order valence-electron chi connectivity index (χ0n) is 21.6. The molecule has 3 aromatic rings. The van der Waals surface area contributed by atoms with Crippen LogP contribution in [0.2, 0.25) is 5.02 Å². The number of carbonyl (C=O) groups is 2. The number of anilines is 2. The van der Waals surface area contributed by atoms with Gasteiger partial charge in [0.2, 0.25) is 0 Å². The van der Waals surface area contributed by atoms with E-state index in [4.69, 9.17) is 25.8 Å². The molecule has 202 valence electrons. The first-order valence-corrected chi connectivity index (χ1v) is 13.2. The zero-order chi connectivity index (χ0) is 28.4. The Morgan fingerprint density at radius 2 is 1.67 bits per heavy atom. The van der Waals surface area contributed by atoms with Gasteiger partial charge in [0.15, 0.2) is 18.1 Å². The van der Waals surface area contributed by atoms with Gasteiger partial charge in [0.05, 0.1) is 17.7 Å². The summed E-state index contributed by atoms with van der Waals surface area (Å²) >= 11 is 9.57. The van der Waals surface area contributed by atoms with Gasteiger partial charge in [-0.15, -0.1) is 0 Å². The van der Waals surface area contributed by atoms with Crippen LogP contribution in [0, 0.1) is 18.3 Å². The van der Waals surface area contributed by atoms with Gasteiger partial charge in [-0.2, -0.15) is 5.26 Å². The van der Waals surface area contributed by atoms with Gasteiger partial charge >= 0.3 is 0 Å². The van der Waals surface area contributed by atoms with Crippen molar-refractivity contribution in [3.05, 3.63) is 80.8 Å². The molecule has 0 aliphatic carbocycles. The molecular formula is C29H27BrClN3O5. The Morgan fingerprint density at radius 3 is 2.31 bits per heavy atom. The third kappa shape index (κ3) is 8.50. The summed E-state index contributed by atoms with van der Waals surface area (Å²) in [5, 5.41) is 15.6. The second-order valence-corrected chi connectivity index (χ2v) is 9.41. The van der Waals surface area contributed by atoms with Crippen molar-refractivity contribution in [2.75, 3.05) is 30.5 Å². The van der Waals surface area contributed by atoms with Gasteiger partial charge in [-0.1, -0.05) is 17.7 Å². The highest BCUT2D eigenvalue weighted by Crippen LogP contribution is 2.37. The lowest BCUT2D eigenvalue weighted by Gasteiger charge is -2.15. The van der Waals surface area contributed by atoms with Crippen LogP contribution < -0.4 is 24.8 Å². The van der Waals surface area contributed by atoms with Crippen LogP contribution in [0.5, 0.6) is 17.2 Å². The van der Waals surface area contributed by atoms with Crippen molar-refractivity contribution in [3.8, 4) is 23.3 Å². The summed E-state index contributed by atoms with van der Waals surface area (Å²) < 4.78 is 17.3. The fraction of sp³-hybridized carbons (Fsp3) is 0.207. The average molecular weight is 613 g/mol. The molecule has 39 heavy (non-hydrogen) atoms. The highest BCUT2D eigenvalue weighted by molar-refractivity contribution is 9.10. The zero-order valence-corrected chi connectivity index (χ0v) is 24.0. The fourth-order valence-corrected chi connectivity index (χ4v) is 4.15. The van der Waals surface area contributed by atoms with Crippen LogP contribution in [0.3, 0.4) is 0 Å². The monoisotopic (exact) mass is 611 g/mol. The molecule has 0 spiro atoms. The first kappa shape index (κ1) is 29.6. The van der Waals surface area contributed by atoms with E-state index in [2.05, 4.69) is 26.6 Å². The van der Waals surface area contributed by atoms with E-state index in [1.165, 1.54) is 6.08 Å². The number of rotatable bonds is 11. The normalized spacial score (nSPS) is 10.8. The van der Waals surface area contributed by atoms with Gasteiger partial charge in [-0.25, -0.2) is 0 Å². The van der Waals surface area contributed by atoms with Crippen LogP contribution in [-0.2, 0) is 9.59 Å². The first-order valence-electron chi connectivity index (χ1n) is 12.0. The molecule has 3 rings (SSSR count). The molecule has 0 aliphatic rings. The molecule has 2 amide bonds. The van der Waals surface area contributed by atoms with Crippen LogP contribution >= 0.6 is 27.5 Å². The molecule has 0 atom stereocenters. The van der Waals surface area contributed by atoms with E-state index in [9.17, 15) is 14.9 Å². The maximum atomic E-state index is 12.7. The van der Waals surface area contributed by atoms with Crippen molar-refractivity contribution in [2.24, 2.45) is 0 Å². The SMILES string of the molecule is CCOc1ccc(NC(=O)/C(C#N)=C/c2cc(Br)c(OCC(=O)Nc3ccc(C)c(Cl)c3)c(OCC)c2)cc1. The van der Waals surface area contributed by atoms with Crippen LogP contribution in [0.1, 0.15) is 25.0 Å². The second-order valence-electron chi connectivity index (χ2n) is 8.15. The Bertz CT molecular complexity index is 1420. The third-order valence-corrected chi connectivity index (χ3v) is 6.23. The van der Waals surface area contributed by atoms with Crippen molar-refractivity contribution in [1.82, 2.24) is 0 Å². The number of hydrogen-bond donors (Lipinski definition) is 2. The molecule has 0 bridgehead atoms. The molecule has 0 fully saturated rings. The molecular weight excluding hydrogens is 586 g/mol. The predicted molar refractivity (Wildman–Crippen MR) is 155 cm³/mol. The molecule has 0 heterocycles. The van der Waals surface area contributed by atoms with Gasteiger partial charge in [0, 0.05) is 16.4 Å². The number of aryl methyl sites for hydroxylation is 1. The molecule has 3 aromatic carbocycles. The van der Waals surface area contributed by atoms with Gasteiger partial charge in [0.25, 0.3) is 11.8 Å². The maximum absolute atomic E-state index is 12.7. The van der Waals surface area contributed by atoms with Crippen molar-refractivity contribution in [3.63, 3.8) is 0 Å². The number of nitrogens with zero attached hydrogens (tertiary/aromatic N) is 1. The van der Waals surface area contributed by atoms with Gasteiger partial charge in [-0.3, -0.25) is 9.59 Å². The Labute approximate surface area is 240 Å². The van der Waals surface area contributed by atoms with Crippen LogP contribution in [-0.4, -0.2) is 31.6 Å². The van der Waals surface area contributed by atoms with Crippen LogP contribution in [0.4, 0.5) is 11.4 Å². The number of nitriles is 1. The summed E-state index contributed by atoms with van der Waals surface area (Å²) in [5.41, 5.74) is 2.39. The lowest BCUT2D eigenvalue weighted by atomic mass is 10.1. The number of benzene rings is 3.